The minimum atomic E-state index is -0.330. The molecule has 25 heavy (non-hydrogen) atoms. The second-order valence-corrected chi connectivity index (χ2v) is 5.59. The third-order valence-corrected chi connectivity index (χ3v) is 3.86. The van der Waals surface area contributed by atoms with Gasteiger partial charge in [0.25, 0.3) is 5.56 Å². The summed E-state index contributed by atoms with van der Waals surface area (Å²) in [6.45, 7) is 2.07. The maximum Gasteiger partial charge on any atom is 0.255 e. The van der Waals surface area contributed by atoms with Crippen molar-refractivity contribution in [1.29, 1.82) is 0 Å². The molecule has 0 spiro atoms. The molecule has 8 heteroatoms. The fraction of sp³-hybridized carbons (Fsp3) is 0.235. The minimum absolute atomic E-state index is 0.0332. The molecule has 0 aliphatic rings. The van der Waals surface area contributed by atoms with Crippen LogP contribution in [0, 0.1) is 6.92 Å². The zero-order valence-electron chi connectivity index (χ0n) is 14.0. The summed E-state index contributed by atoms with van der Waals surface area (Å²) in [5.74, 6) is 0.143. The van der Waals surface area contributed by atoms with Crippen LogP contribution in [0.25, 0.3) is 11.5 Å². The van der Waals surface area contributed by atoms with Gasteiger partial charge in [-0.2, -0.15) is 5.10 Å². The molecule has 3 aromatic heterocycles. The van der Waals surface area contributed by atoms with Crippen LogP contribution in [0.3, 0.4) is 0 Å². The number of amides is 1. The first-order valence-corrected chi connectivity index (χ1v) is 7.79. The Morgan fingerprint density at radius 1 is 1.28 bits per heavy atom. The van der Waals surface area contributed by atoms with Crippen LogP contribution in [0.1, 0.15) is 17.0 Å². The van der Waals surface area contributed by atoms with Crippen LogP contribution in [0.2, 0.25) is 0 Å². The van der Waals surface area contributed by atoms with E-state index in [4.69, 9.17) is 0 Å². The number of nitrogens with one attached hydrogen (secondary N) is 2. The van der Waals surface area contributed by atoms with Crippen LogP contribution < -0.4 is 10.9 Å². The summed E-state index contributed by atoms with van der Waals surface area (Å²) in [4.78, 5) is 35.7. The Morgan fingerprint density at radius 3 is 2.76 bits per heavy atom. The van der Waals surface area contributed by atoms with Crippen molar-refractivity contribution in [3.05, 3.63) is 64.0 Å². The Labute approximate surface area is 144 Å². The molecule has 8 nitrogen and oxygen atoms in total. The number of nitrogens with zero attached hydrogens (tertiary/aromatic N) is 4. The molecule has 0 fully saturated rings. The Hall–Kier alpha value is -3.29. The number of aromatic nitrogens is 5. The van der Waals surface area contributed by atoms with E-state index in [1.165, 1.54) is 0 Å². The molecule has 3 rings (SSSR count). The highest BCUT2D eigenvalue weighted by atomic mass is 16.2. The van der Waals surface area contributed by atoms with Gasteiger partial charge in [0, 0.05) is 30.7 Å². The van der Waals surface area contributed by atoms with Crippen LogP contribution >= 0.6 is 0 Å². The van der Waals surface area contributed by atoms with Gasteiger partial charge >= 0.3 is 0 Å². The maximum atomic E-state index is 12.3. The average Bonchev–Trinajstić information content (AvgIpc) is 3.02. The predicted molar refractivity (Wildman–Crippen MR) is 91.6 cm³/mol. The summed E-state index contributed by atoms with van der Waals surface area (Å²) in [5, 5.41) is 6.82. The van der Waals surface area contributed by atoms with Crippen molar-refractivity contribution in [2.75, 3.05) is 0 Å². The average molecular weight is 338 g/mol. The Bertz CT molecular complexity index is 945. The van der Waals surface area contributed by atoms with E-state index >= 15 is 0 Å². The molecule has 1 amide bonds. The lowest BCUT2D eigenvalue weighted by Crippen LogP contribution is -2.29. The second kappa shape index (κ2) is 7.08. The summed E-state index contributed by atoms with van der Waals surface area (Å²) in [6, 6.07) is 7.19. The molecule has 128 valence electrons. The minimum Gasteiger partial charge on any atom is -0.350 e. The van der Waals surface area contributed by atoms with Gasteiger partial charge in [-0.05, 0) is 25.1 Å². The Morgan fingerprint density at radius 2 is 2.12 bits per heavy atom. The quantitative estimate of drug-likeness (QED) is 0.713. The second-order valence-electron chi connectivity index (χ2n) is 5.59. The van der Waals surface area contributed by atoms with Crippen molar-refractivity contribution < 1.29 is 4.79 Å². The SMILES string of the molecule is Cc1nc(-c2ccccn2)[nH]c(=O)c1CC(=O)NCc1ccnn1C. The number of hydrogen-bond donors (Lipinski definition) is 2. The number of rotatable bonds is 5. The van der Waals surface area contributed by atoms with E-state index in [1.54, 1.807) is 43.2 Å². The number of pyridine rings is 1. The summed E-state index contributed by atoms with van der Waals surface area (Å²) >= 11 is 0. The third-order valence-electron chi connectivity index (χ3n) is 3.86. The summed E-state index contributed by atoms with van der Waals surface area (Å²) in [6.07, 6.45) is 3.26. The van der Waals surface area contributed by atoms with Crippen LogP contribution in [-0.2, 0) is 24.8 Å². The van der Waals surface area contributed by atoms with Crippen LogP contribution in [-0.4, -0.2) is 30.6 Å². The van der Waals surface area contributed by atoms with E-state index in [-0.39, 0.29) is 17.9 Å². The fourth-order valence-electron chi connectivity index (χ4n) is 2.43. The molecule has 0 aromatic carbocycles. The van der Waals surface area contributed by atoms with Crippen LogP contribution in [0.4, 0.5) is 0 Å². The van der Waals surface area contributed by atoms with Gasteiger partial charge in [-0.3, -0.25) is 19.3 Å². The number of hydrogen-bond acceptors (Lipinski definition) is 5. The number of aryl methyl sites for hydroxylation is 2. The molecule has 0 bridgehead atoms. The molecule has 0 saturated heterocycles. The normalized spacial score (nSPS) is 10.6. The van der Waals surface area contributed by atoms with Gasteiger partial charge in [-0.15, -0.1) is 0 Å². The Kier molecular flexibility index (Phi) is 4.69. The van der Waals surface area contributed by atoms with Crippen molar-refractivity contribution in [1.82, 2.24) is 30.0 Å². The monoisotopic (exact) mass is 338 g/mol. The lowest BCUT2D eigenvalue weighted by Gasteiger charge is -2.08. The number of carbonyl (C=O) groups is 1. The highest BCUT2D eigenvalue weighted by Crippen LogP contribution is 2.11. The summed E-state index contributed by atoms with van der Waals surface area (Å²) in [5.41, 5.74) is 1.99. The van der Waals surface area contributed by atoms with Gasteiger partial charge in [0.15, 0.2) is 5.82 Å². The maximum absolute atomic E-state index is 12.3. The first kappa shape index (κ1) is 16.6. The summed E-state index contributed by atoms with van der Waals surface area (Å²) < 4.78 is 1.68. The zero-order chi connectivity index (χ0) is 17.8. The third kappa shape index (κ3) is 3.79. The van der Waals surface area contributed by atoms with Gasteiger partial charge in [0.2, 0.25) is 5.91 Å². The molecule has 2 N–H and O–H groups in total. The summed E-state index contributed by atoms with van der Waals surface area (Å²) in [7, 11) is 1.80. The van der Waals surface area contributed by atoms with Gasteiger partial charge < -0.3 is 10.3 Å². The van der Waals surface area contributed by atoms with Gasteiger partial charge in [-0.1, -0.05) is 6.07 Å². The highest BCUT2D eigenvalue weighted by Gasteiger charge is 2.14. The molecule has 3 aromatic rings. The van der Waals surface area contributed by atoms with Crippen molar-refractivity contribution >= 4 is 5.91 Å². The van der Waals surface area contributed by atoms with E-state index in [0.29, 0.717) is 29.3 Å². The van der Waals surface area contributed by atoms with Gasteiger partial charge in [-0.25, -0.2) is 4.98 Å². The van der Waals surface area contributed by atoms with Crippen molar-refractivity contribution in [2.45, 2.75) is 19.9 Å². The lowest BCUT2D eigenvalue weighted by atomic mass is 10.1. The molecule has 0 aliphatic heterocycles. The first-order chi connectivity index (χ1) is 12.0. The molecular weight excluding hydrogens is 320 g/mol. The Balaban J connectivity index is 1.73. The van der Waals surface area contributed by atoms with Crippen molar-refractivity contribution in [2.24, 2.45) is 7.05 Å². The smallest absolute Gasteiger partial charge is 0.255 e. The fourth-order valence-corrected chi connectivity index (χ4v) is 2.43. The number of aromatic amines is 1. The van der Waals surface area contributed by atoms with Gasteiger partial charge in [0.1, 0.15) is 5.69 Å². The largest absolute Gasteiger partial charge is 0.350 e. The van der Waals surface area contributed by atoms with E-state index in [2.05, 4.69) is 25.4 Å². The standard InChI is InChI=1S/C17H18N6O2/c1-11-13(9-15(24)19-10-12-6-8-20-23(12)2)17(25)22-16(21-11)14-5-3-4-7-18-14/h3-8H,9-10H2,1-2H3,(H,19,24)(H,21,22,25). The molecule has 0 unspecified atom stereocenters. The molecule has 3 heterocycles. The van der Waals surface area contributed by atoms with Crippen molar-refractivity contribution in [3.8, 4) is 11.5 Å². The zero-order valence-corrected chi connectivity index (χ0v) is 14.0. The number of H-pyrrole nitrogens is 1. The van der Waals surface area contributed by atoms with Crippen LogP contribution in [0.5, 0.6) is 0 Å². The van der Waals surface area contributed by atoms with Crippen LogP contribution in [0.15, 0.2) is 41.5 Å². The number of carbonyl (C=O) groups excluding carboxylic acids is 1. The molecule has 0 atom stereocenters. The molecular formula is C17H18N6O2. The highest BCUT2D eigenvalue weighted by molar-refractivity contribution is 5.78. The predicted octanol–water partition coefficient (Wildman–Crippen LogP) is 0.733. The topological polar surface area (TPSA) is 106 Å². The van der Waals surface area contributed by atoms with E-state index in [1.807, 2.05) is 12.1 Å². The lowest BCUT2D eigenvalue weighted by molar-refractivity contribution is -0.120. The first-order valence-electron chi connectivity index (χ1n) is 7.79. The molecule has 0 aliphatic carbocycles. The molecule has 0 radical (unpaired) electrons. The van der Waals surface area contributed by atoms with E-state index in [0.717, 1.165) is 5.69 Å². The van der Waals surface area contributed by atoms with Crippen molar-refractivity contribution in [3.63, 3.8) is 0 Å². The van der Waals surface area contributed by atoms with E-state index in [9.17, 15) is 9.59 Å². The molecule has 0 saturated carbocycles. The van der Waals surface area contributed by atoms with Gasteiger partial charge in [0.05, 0.1) is 18.7 Å². The van der Waals surface area contributed by atoms with E-state index < -0.39 is 0 Å².